The van der Waals surface area contributed by atoms with Crippen molar-refractivity contribution in [2.24, 2.45) is 0 Å². The Morgan fingerprint density at radius 2 is 2.14 bits per heavy atom. The summed E-state index contributed by atoms with van der Waals surface area (Å²) >= 11 is 5.61. The van der Waals surface area contributed by atoms with Crippen molar-refractivity contribution in [2.45, 2.75) is 38.4 Å². The van der Waals surface area contributed by atoms with Crippen molar-refractivity contribution in [3.05, 3.63) is 28.8 Å². The minimum Gasteiger partial charge on any atom is -0.324 e. The summed E-state index contributed by atoms with van der Waals surface area (Å²) in [5, 5.41) is 2.33. The van der Waals surface area contributed by atoms with Crippen LogP contribution in [0.25, 0.3) is 0 Å². The SMILES string of the molecule is C[C@H]1CCCCN1CC(=O)Nc1ccc(Cl)cc1C(F)(F)F. The zero-order chi connectivity index (χ0) is 16.3. The van der Waals surface area contributed by atoms with Gasteiger partial charge in [-0.3, -0.25) is 9.69 Å². The molecule has 0 bridgehead atoms. The molecule has 0 aliphatic carbocycles. The second-order valence-electron chi connectivity index (χ2n) is 5.55. The number of halogens is 4. The van der Waals surface area contributed by atoms with Crippen LogP contribution in [0.4, 0.5) is 18.9 Å². The van der Waals surface area contributed by atoms with Gasteiger partial charge in [0.2, 0.25) is 5.91 Å². The first kappa shape index (κ1) is 17.1. The maximum absolute atomic E-state index is 13.0. The summed E-state index contributed by atoms with van der Waals surface area (Å²) in [7, 11) is 0. The summed E-state index contributed by atoms with van der Waals surface area (Å²) in [6.45, 7) is 2.91. The van der Waals surface area contributed by atoms with Crippen molar-refractivity contribution in [2.75, 3.05) is 18.4 Å². The van der Waals surface area contributed by atoms with Crippen LogP contribution in [-0.4, -0.2) is 29.9 Å². The summed E-state index contributed by atoms with van der Waals surface area (Å²) in [5.74, 6) is -0.443. The maximum atomic E-state index is 13.0. The van der Waals surface area contributed by atoms with Gasteiger partial charge in [-0.1, -0.05) is 18.0 Å². The number of carbonyl (C=O) groups is 1. The third-order valence-corrected chi connectivity index (χ3v) is 4.08. The molecule has 1 aliphatic heterocycles. The molecule has 1 heterocycles. The van der Waals surface area contributed by atoms with Crippen molar-refractivity contribution in [1.82, 2.24) is 4.90 Å². The molecule has 1 fully saturated rings. The zero-order valence-corrected chi connectivity index (χ0v) is 13.0. The number of amides is 1. The lowest BCUT2D eigenvalue weighted by Crippen LogP contribution is -2.42. The van der Waals surface area contributed by atoms with E-state index in [0.717, 1.165) is 31.9 Å². The molecule has 1 N–H and O–H groups in total. The molecule has 7 heteroatoms. The highest BCUT2D eigenvalue weighted by molar-refractivity contribution is 6.30. The van der Waals surface area contributed by atoms with Crippen LogP contribution in [0.1, 0.15) is 31.7 Å². The molecule has 1 atom stereocenters. The summed E-state index contributed by atoms with van der Waals surface area (Å²) in [6, 6.07) is 3.60. The predicted octanol–water partition coefficient (Wildman–Crippen LogP) is 4.17. The van der Waals surface area contributed by atoms with Gasteiger partial charge in [0.1, 0.15) is 0 Å². The summed E-state index contributed by atoms with van der Waals surface area (Å²) in [5.41, 5.74) is -1.19. The Morgan fingerprint density at radius 1 is 1.41 bits per heavy atom. The number of anilines is 1. The molecule has 1 aromatic rings. The largest absolute Gasteiger partial charge is 0.418 e. The number of rotatable bonds is 3. The van der Waals surface area contributed by atoms with Gasteiger partial charge in [0.15, 0.2) is 0 Å². The Bertz CT molecular complexity index is 548. The van der Waals surface area contributed by atoms with E-state index >= 15 is 0 Å². The second kappa shape index (κ2) is 6.87. The molecule has 1 saturated heterocycles. The average Bonchev–Trinajstić information content (AvgIpc) is 2.42. The molecule has 3 nitrogen and oxygen atoms in total. The first-order valence-electron chi connectivity index (χ1n) is 7.18. The lowest BCUT2D eigenvalue weighted by atomic mass is 10.0. The van der Waals surface area contributed by atoms with Gasteiger partial charge in [0.05, 0.1) is 17.8 Å². The van der Waals surface area contributed by atoms with Gasteiger partial charge in [-0.2, -0.15) is 13.2 Å². The van der Waals surface area contributed by atoms with E-state index in [-0.39, 0.29) is 23.3 Å². The van der Waals surface area contributed by atoms with E-state index in [1.165, 1.54) is 12.1 Å². The summed E-state index contributed by atoms with van der Waals surface area (Å²) in [4.78, 5) is 14.0. The number of benzene rings is 1. The first-order chi connectivity index (χ1) is 10.3. The fourth-order valence-electron chi connectivity index (χ4n) is 2.63. The molecule has 0 unspecified atom stereocenters. The van der Waals surface area contributed by atoms with Crippen molar-refractivity contribution in [1.29, 1.82) is 0 Å². The Labute approximate surface area is 132 Å². The van der Waals surface area contributed by atoms with Gasteiger partial charge in [-0.05, 0) is 44.5 Å². The van der Waals surface area contributed by atoms with Crippen LogP contribution in [0.5, 0.6) is 0 Å². The molecular weight excluding hydrogens is 317 g/mol. The quantitative estimate of drug-likeness (QED) is 0.899. The number of likely N-dealkylation sites (tertiary alicyclic amines) is 1. The van der Waals surface area contributed by atoms with Crippen LogP contribution in [0, 0.1) is 0 Å². The number of piperidine rings is 1. The Kier molecular flexibility index (Phi) is 5.34. The molecule has 1 aliphatic rings. The third-order valence-electron chi connectivity index (χ3n) is 3.85. The normalized spacial score (nSPS) is 20.0. The van der Waals surface area contributed by atoms with Gasteiger partial charge >= 0.3 is 6.18 Å². The van der Waals surface area contributed by atoms with Crippen molar-refractivity contribution >= 4 is 23.2 Å². The first-order valence-corrected chi connectivity index (χ1v) is 7.56. The van der Waals surface area contributed by atoms with E-state index in [1.54, 1.807) is 0 Å². The molecule has 1 aromatic carbocycles. The van der Waals surface area contributed by atoms with E-state index in [0.29, 0.717) is 0 Å². The van der Waals surface area contributed by atoms with E-state index in [2.05, 4.69) is 5.32 Å². The molecule has 22 heavy (non-hydrogen) atoms. The average molecular weight is 335 g/mol. The summed E-state index contributed by atoms with van der Waals surface area (Å²) < 4.78 is 38.9. The zero-order valence-electron chi connectivity index (χ0n) is 12.2. The predicted molar refractivity (Wildman–Crippen MR) is 80.0 cm³/mol. The van der Waals surface area contributed by atoms with Crippen LogP contribution >= 0.6 is 11.6 Å². The molecule has 0 aromatic heterocycles. The highest BCUT2D eigenvalue weighted by Crippen LogP contribution is 2.36. The molecule has 0 radical (unpaired) electrons. The van der Waals surface area contributed by atoms with Gasteiger partial charge in [-0.15, -0.1) is 0 Å². The monoisotopic (exact) mass is 334 g/mol. The number of alkyl halides is 3. The van der Waals surface area contributed by atoms with E-state index in [9.17, 15) is 18.0 Å². The van der Waals surface area contributed by atoms with Gasteiger partial charge < -0.3 is 5.32 Å². The highest BCUT2D eigenvalue weighted by Gasteiger charge is 2.34. The van der Waals surface area contributed by atoms with Crippen molar-refractivity contribution in [3.8, 4) is 0 Å². The number of nitrogens with one attached hydrogen (secondary N) is 1. The highest BCUT2D eigenvalue weighted by atomic mass is 35.5. The number of hydrogen-bond donors (Lipinski definition) is 1. The van der Waals surface area contributed by atoms with Crippen LogP contribution in [-0.2, 0) is 11.0 Å². The van der Waals surface area contributed by atoms with Gasteiger partial charge in [-0.25, -0.2) is 0 Å². The lowest BCUT2D eigenvalue weighted by molar-refractivity contribution is -0.137. The fraction of sp³-hybridized carbons (Fsp3) is 0.533. The molecule has 122 valence electrons. The standard InChI is InChI=1S/C15H18ClF3N2O/c1-10-4-2-3-7-21(10)9-14(22)20-13-6-5-11(16)8-12(13)15(17,18)19/h5-6,8,10H,2-4,7,9H2,1H3,(H,20,22)/t10-/m0/s1. The Morgan fingerprint density at radius 3 is 2.77 bits per heavy atom. The Hall–Kier alpha value is -1.27. The van der Waals surface area contributed by atoms with Crippen LogP contribution < -0.4 is 5.32 Å². The number of carbonyl (C=O) groups excluding carboxylic acids is 1. The number of nitrogens with zero attached hydrogens (tertiary/aromatic N) is 1. The lowest BCUT2D eigenvalue weighted by Gasteiger charge is -2.32. The van der Waals surface area contributed by atoms with Gasteiger partial charge in [0, 0.05) is 11.1 Å². The molecular formula is C15H18ClF3N2O. The molecule has 2 rings (SSSR count). The van der Waals surface area contributed by atoms with E-state index < -0.39 is 17.6 Å². The fourth-order valence-corrected chi connectivity index (χ4v) is 2.80. The van der Waals surface area contributed by atoms with Crippen molar-refractivity contribution in [3.63, 3.8) is 0 Å². The molecule has 1 amide bonds. The smallest absolute Gasteiger partial charge is 0.324 e. The molecule has 0 spiro atoms. The van der Waals surface area contributed by atoms with Gasteiger partial charge in [0.25, 0.3) is 0 Å². The molecule has 0 saturated carbocycles. The van der Waals surface area contributed by atoms with Crippen molar-refractivity contribution < 1.29 is 18.0 Å². The van der Waals surface area contributed by atoms with Crippen LogP contribution in [0.15, 0.2) is 18.2 Å². The maximum Gasteiger partial charge on any atom is 0.418 e. The van der Waals surface area contributed by atoms with E-state index in [4.69, 9.17) is 11.6 Å². The number of hydrogen-bond acceptors (Lipinski definition) is 2. The minimum atomic E-state index is -4.56. The van der Waals surface area contributed by atoms with Crippen LogP contribution in [0.2, 0.25) is 5.02 Å². The van der Waals surface area contributed by atoms with Crippen LogP contribution in [0.3, 0.4) is 0 Å². The Balaban J connectivity index is 2.08. The third kappa shape index (κ3) is 4.36. The minimum absolute atomic E-state index is 0.0185. The second-order valence-corrected chi connectivity index (χ2v) is 5.99. The topological polar surface area (TPSA) is 32.3 Å². The van der Waals surface area contributed by atoms with E-state index in [1.807, 2.05) is 11.8 Å². The summed E-state index contributed by atoms with van der Waals surface area (Å²) in [6.07, 6.45) is -1.44.